The summed E-state index contributed by atoms with van der Waals surface area (Å²) in [6.45, 7) is 2.72. The molecule has 0 N–H and O–H groups in total. The molecule has 0 fully saturated rings. The van der Waals surface area contributed by atoms with Crippen LogP contribution in [-0.4, -0.2) is 25.1 Å². The minimum atomic E-state index is 0.639. The maximum atomic E-state index is 8.84. The van der Waals surface area contributed by atoms with E-state index in [9.17, 15) is 0 Å². The Morgan fingerprint density at radius 3 is 2.64 bits per heavy atom. The van der Waals surface area contributed by atoms with E-state index >= 15 is 0 Å². The van der Waals surface area contributed by atoms with Gasteiger partial charge in [0.2, 0.25) is 0 Å². The van der Waals surface area contributed by atoms with Crippen molar-refractivity contribution in [3.05, 3.63) is 65.7 Å². The van der Waals surface area contributed by atoms with E-state index in [0.29, 0.717) is 12.2 Å². The van der Waals surface area contributed by atoms with E-state index in [4.69, 9.17) is 10.00 Å². The van der Waals surface area contributed by atoms with Crippen molar-refractivity contribution < 1.29 is 4.74 Å². The Hall–Kier alpha value is -2.31. The van der Waals surface area contributed by atoms with E-state index in [-0.39, 0.29) is 0 Å². The number of benzene rings is 2. The quantitative estimate of drug-likeness (QED) is 0.694. The van der Waals surface area contributed by atoms with Gasteiger partial charge in [-0.1, -0.05) is 36.4 Å². The average Bonchev–Trinajstić information content (AvgIpc) is 2.55. The Bertz CT molecular complexity index is 604. The minimum Gasteiger partial charge on any atom is -0.494 e. The van der Waals surface area contributed by atoms with Crippen molar-refractivity contribution in [2.24, 2.45) is 0 Å². The molecule has 0 aromatic heterocycles. The van der Waals surface area contributed by atoms with Crippen LogP contribution in [0.1, 0.15) is 24.0 Å². The molecule has 0 saturated heterocycles. The molecule has 0 unspecified atom stereocenters. The van der Waals surface area contributed by atoms with Gasteiger partial charge in [0.25, 0.3) is 0 Å². The molecule has 0 spiro atoms. The lowest BCUT2D eigenvalue weighted by Gasteiger charge is -2.16. The van der Waals surface area contributed by atoms with Gasteiger partial charge in [-0.2, -0.15) is 5.26 Å². The van der Waals surface area contributed by atoms with Crippen LogP contribution in [-0.2, 0) is 6.54 Å². The van der Waals surface area contributed by atoms with Gasteiger partial charge in [0, 0.05) is 6.54 Å². The number of nitriles is 1. The molecular formula is C19H22N2O. The normalized spacial score (nSPS) is 10.4. The Balaban J connectivity index is 1.62. The van der Waals surface area contributed by atoms with Crippen LogP contribution in [0.15, 0.2) is 54.6 Å². The van der Waals surface area contributed by atoms with Crippen molar-refractivity contribution in [2.45, 2.75) is 19.4 Å². The molecule has 0 atom stereocenters. The predicted molar refractivity (Wildman–Crippen MR) is 88.7 cm³/mol. The van der Waals surface area contributed by atoms with Crippen LogP contribution in [0.5, 0.6) is 5.75 Å². The number of nitrogens with zero attached hydrogens (tertiary/aromatic N) is 2. The molecule has 3 nitrogen and oxygen atoms in total. The largest absolute Gasteiger partial charge is 0.494 e. The highest BCUT2D eigenvalue weighted by Crippen LogP contribution is 2.13. The fourth-order valence-electron chi connectivity index (χ4n) is 2.30. The zero-order chi connectivity index (χ0) is 15.6. The Morgan fingerprint density at radius 1 is 1.05 bits per heavy atom. The van der Waals surface area contributed by atoms with Crippen molar-refractivity contribution in [3.8, 4) is 11.8 Å². The number of unbranched alkanes of at least 4 members (excludes halogenated alkanes) is 1. The van der Waals surface area contributed by atoms with Crippen LogP contribution in [0.4, 0.5) is 0 Å². The lowest BCUT2D eigenvalue weighted by Crippen LogP contribution is -2.19. The molecule has 0 heterocycles. The first kappa shape index (κ1) is 16.1. The second kappa shape index (κ2) is 8.86. The van der Waals surface area contributed by atoms with Crippen molar-refractivity contribution >= 4 is 0 Å². The van der Waals surface area contributed by atoms with Crippen LogP contribution < -0.4 is 4.74 Å². The molecular weight excluding hydrogens is 272 g/mol. The van der Waals surface area contributed by atoms with E-state index in [1.807, 2.05) is 18.2 Å². The van der Waals surface area contributed by atoms with E-state index in [1.165, 1.54) is 5.56 Å². The first-order chi connectivity index (χ1) is 10.8. The standard InChI is InChI=1S/C19H22N2O/c1-21(16-17-8-3-2-4-9-17)12-5-6-13-22-19-11-7-10-18(14-19)15-20/h2-4,7-11,14H,5-6,12-13,16H2,1H3. The molecule has 2 aromatic carbocycles. The third-order valence-corrected chi connectivity index (χ3v) is 3.46. The molecule has 0 aliphatic carbocycles. The number of hydrogen-bond acceptors (Lipinski definition) is 3. The summed E-state index contributed by atoms with van der Waals surface area (Å²) in [7, 11) is 2.14. The van der Waals surface area contributed by atoms with Crippen LogP contribution in [0.25, 0.3) is 0 Å². The molecule has 2 aromatic rings. The monoisotopic (exact) mass is 294 g/mol. The van der Waals surface area contributed by atoms with E-state index in [1.54, 1.807) is 12.1 Å². The van der Waals surface area contributed by atoms with Gasteiger partial charge in [-0.05, 0) is 50.2 Å². The van der Waals surface area contributed by atoms with Gasteiger partial charge in [0.15, 0.2) is 0 Å². The van der Waals surface area contributed by atoms with Crippen molar-refractivity contribution in [1.29, 1.82) is 5.26 Å². The minimum absolute atomic E-state index is 0.639. The topological polar surface area (TPSA) is 36.3 Å². The Kier molecular flexibility index (Phi) is 6.47. The highest BCUT2D eigenvalue weighted by atomic mass is 16.5. The molecule has 0 radical (unpaired) electrons. The summed E-state index contributed by atoms with van der Waals surface area (Å²) in [6.07, 6.45) is 2.11. The summed E-state index contributed by atoms with van der Waals surface area (Å²) < 4.78 is 5.68. The summed E-state index contributed by atoms with van der Waals surface area (Å²) in [5, 5.41) is 8.84. The summed E-state index contributed by atoms with van der Waals surface area (Å²) in [4.78, 5) is 2.33. The fourth-order valence-corrected chi connectivity index (χ4v) is 2.30. The second-order valence-electron chi connectivity index (χ2n) is 5.42. The summed E-state index contributed by atoms with van der Waals surface area (Å²) in [6, 6.07) is 19.9. The smallest absolute Gasteiger partial charge is 0.120 e. The van der Waals surface area contributed by atoms with E-state index in [0.717, 1.165) is 31.7 Å². The molecule has 114 valence electrons. The summed E-state index contributed by atoms with van der Waals surface area (Å²) in [5.41, 5.74) is 1.98. The SMILES string of the molecule is CN(CCCCOc1cccc(C#N)c1)Cc1ccccc1. The molecule has 22 heavy (non-hydrogen) atoms. The predicted octanol–water partition coefficient (Wildman–Crippen LogP) is 3.85. The number of rotatable bonds is 8. The summed E-state index contributed by atoms with van der Waals surface area (Å²) >= 11 is 0. The van der Waals surface area contributed by atoms with E-state index < -0.39 is 0 Å². The molecule has 0 amide bonds. The van der Waals surface area contributed by atoms with Gasteiger partial charge in [-0.3, -0.25) is 0 Å². The van der Waals surface area contributed by atoms with Crippen molar-refractivity contribution in [1.82, 2.24) is 4.90 Å². The van der Waals surface area contributed by atoms with Gasteiger partial charge in [-0.15, -0.1) is 0 Å². The van der Waals surface area contributed by atoms with Crippen molar-refractivity contribution in [2.75, 3.05) is 20.2 Å². The van der Waals surface area contributed by atoms with Crippen LogP contribution in [0.2, 0.25) is 0 Å². The van der Waals surface area contributed by atoms with Crippen LogP contribution in [0.3, 0.4) is 0 Å². The van der Waals surface area contributed by atoms with Gasteiger partial charge in [0.05, 0.1) is 18.2 Å². The van der Waals surface area contributed by atoms with Gasteiger partial charge < -0.3 is 9.64 Å². The van der Waals surface area contributed by atoms with Gasteiger partial charge in [-0.25, -0.2) is 0 Å². The third kappa shape index (κ3) is 5.59. The van der Waals surface area contributed by atoms with E-state index in [2.05, 4.69) is 42.3 Å². The first-order valence-corrected chi connectivity index (χ1v) is 7.63. The lowest BCUT2D eigenvalue weighted by atomic mass is 10.2. The molecule has 0 bridgehead atoms. The summed E-state index contributed by atoms with van der Waals surface area (Å²) in [5.74, 6) is 0.775. The number of ether oxygens (including phenoxy) is 1. The first-order valence-electron chi connectivity index (χ1n) is 7.63. The number of hydrogen-bond donors (Lipinski definition) is 0. The molecule has 0 aliphatic heterocycles. The van der Waals surface area contributed by atoms with Crippen LogP contribution in [0, 0.1) is 11.3 Å². The fraction of sp³-hybridized carbons (Fsp3) is 0.316. The van der Waals surface area contributed by atoms with Gasteiger partial charge in [0.1, 0.15) is 5.75 Å². The molecule has 0 aliphatic rings. The molecule has 0 saturated carbocycles. The third-order valence-electron chi connectivity index (χ3n) is 3.46. The zero-order valence-corrected chi connectivity index (χ0v) is 13.0. The molecule has 2 rings (SSSR count). The Labute approximate surface area is 132 Å². The highest BCUT2D eigenvalue weighted by Gasteiger charge is 2.00. The van der Waals surface area contributed by atoms with Crippen LogP contribution >= 0.6 is 0 Å². The highest BCUT2D eigenvalue weighted by molar-refractivity contribution is 5.36. The maximum absolute atomic E-state index is 8.84. The second-order valence-corrected chi connectivity index (χ2v) is 5.42. The average molecular weight is 294 g/mol. The maximum Gasteiger partial charge on any atom is 0.120 e. The lowest BCUT2D eigenvalue weighted by molar-refractivity contribution is 0.276. The van der Waals surface area contributed by atoms with Crippen molar-refractivity contribution in [3.63, 3.8) is 0 Å². The zero-order valence-electron chi connectivity index (χ0n) is 13.0. The molecule has 3 heteroatoms. The van der Waals surface area contributed by atoms with Gasteiger partial charge >= 0.3 is 0 Å². The Morgan fingerprint density at radius 2 is 1.86 bits per heavy atom.